The summed E-state index contributed by atoms with van der Waals surface area (Å²) in [4.78, 5) is 0. The zero-order valence-electron chi connectivity index (χ0n) is 12.9. The van der Waals surface area contributed by atoms with E-state index in [1.54, 1.807) is 0 Å². The Hall–Kier alpha value is -2.38. The zero-order valence-corrected chi connectivity index (χ0v) is 14.5. The number of hydrogen-bond acceptors (Lipinski definition) is 0. The van der Waals surface area contributed by atoms with Crippen LogP contribution in [0.3, 0.4) is 0 Å². The fourth-order valence-electron chi connectivity index (χ4n) is 4.53. The second-order valence-electron chi connectivity index (χ2n) is 6.62. The van der Waals surface area contributed by atoms with Crippen molar-refractivity contribution in [3.63, 3.8) is 0 Å². The van der Waals surface area contributed by atoms with Crippen LogP contribution in [-0.4, -0.2) is 0 Å². The monoisotopic (exact) mass is 368 g/mol. The average molecular weight is 369 g/mol. The molecule has 112 valence electrons. The van der Waals surface area contributed by atoms with Crippen molar-refractivity contribution < 1.29 is 0 Å². The first-order chi connectivity index (χ1) is 11.9. The first-order valence-electron chi connectivity index (χ1n) is 8.26. The zero-order chi connectivity index (χ0) is 15.8. The summed E-state index contributed by atoms with van der Waals surface area (Å²) in [6.45, 7) is 0. The predicted octanol–water partition coefficient (Wildman–Crippen LogP) is 7.22. The fourth-order valence-corrected chi connectivity index (χ4v) is 5.14. The van der Waals surface area contributed by atoms with Crippen LogP contribution in [0.5, 0.6) is 0 Å². The van der Waals surface area contributed by atoms with Crippen molar-refractivity contribution in [2.75, 3.05) is 0 Å². The second-order valence-corrected chi connectivity index (χ2v) is 7.18. The van der Waals surface area contributed by atoms with E-state index in [2.05, 4.69) is 82.7 Å². The second kappa shape index (κ2) is 4.37. The Morgan fingerprint density at radius 3 is 2.04 bits per heavy atom. The maximum Gasteiger partial charge on any atom is 0.0295 e. The predicted molar refractivity (Wildman–Crippen MR) is 109 cm³/mol. The van der Waals surface area contributed by atoms with Gasteiger partial charge in [0.15, 0.2) is 0 Å². The Morgan fingerprint density at radius 1 is 0.542 bits per heavy atom. The van der Waals surface area contributed by atoms with E-state index in [0.29, 0.717) is 0 Å². The summed E-state index contributed by atoms with van der Waals surface area (Å²) in [5.74, 6) is 0. The van der Waals surface area contributed by atoms with E-state index in [1.165, 1.54) is 59.4 Å². The molecule has 6 rings (SSSR count). The van der Waals surface area contributed by atoms with Crippen molar-refractivity contribution in [1.82, 2.24) is 0 Å². The fraction of sp³-hybridized carbons (Fsp3) is 0.0435. The third kappa shape index (κ3) is 1.40. The van der Waals surface area contributed by atoms with Crippen LogP contribution in [0.2, 0.25) is 0 Å². The first kappa shape index (κ1) is 13.0. The molecule has 6 aromatic carbocycles. The largest absolute Gasteiger partial charge is 0.0876 e. The van der Waals surface area contributed by atoms with Crippen molar-refractivity contribution in [2.24, 2.45) is 0 Å². The van der Waals surface area contributed by atoms with Gasteiger partial charge >= 0.3 is 0 Å². The normalized spacial score (nSPS) is 12.5. The molecular weight excluding hydrogens is 356 g/mol. The highest BCUT2D eigenvalue weighted by Gasteiger charge is 2.18. The van der Waals surface area contributed by atoms with Crippen LogP contribution in [0.1, 0.15) is 5.56 Å². The lowest BCUT2D eigenvalue weighted by atomic mass is 9.84. The molecule has 0 radical (unpaired) electrons. The van der Waals surface area contributed by atoms with Crippen LogP contribution in [0, 0.1) is 0 Å². The molecule has 0 unspecified atom stereocenters. The third-order valence-electron chi connectivity index (χ3n) is 5.50. The van der Waals surface area contributed by atoms with Crippen molar-refractivity contribution in [1.29, 1.82) is 0 Å². The van der Waals surface area contributed by atoms with Crippen LogP contribution in [0.4, 0.5) is 0 Å². The highest BCUT2D eigenvalue weighted by atomic mass is 79.9. The lowest BCUT2D eigenvalue weighted by Gasteiger charge is -2.19. The van der Waals surface area contributed by atoms with Crippen LogP contribution in [-0.2, 0) is 5.33 Å². The number of alkyl halides is 1. The molecule has 0 saturated carbocycles. The van der Waals surface area contributed by atoms with Gasteiger partial charge in [-0.15, -0.1) is 0 Å². The Labute approximate surface area is 147 Å². The number of benzene rings is 6. The first-order valence-corrected chi connectivity index (χ1v) is 9.38. The molecule has 0 spiro atoms. The van der Waals surface area contributed by atoms with Crippen molar-refractivity contribution in [2.45, 2.75) is 5.33 Å². The quantitative estimate of drug-likeness (QED) is 0.163. The molecular formula is C23H13Br. The number of halogens is 1. The highest BCUT2D eigenvalue weighted by molar-refractivity contribution is 9.08. The van der Waals surface area contributed by atoms with Gasteiger partial charge in [-0.2, -0.15) is 0 Å². The number of rotatable bonds is 1. The number of hydrogen-bond donors (Lipinski definition) is 0. The third-order valence-corrected chi connectivity index (χ3v) is 6.06. The SMILES string of the molecule is BrCc1c2cccc3ccc4cc5cccc6ccc1c(c65)c4c32. The molecule has 0 bridgehead atoms. The molecule has 0 heterocycles. The smallest absolute Gasteiger partial charge is 0.0295 e. The highest BCUT2D eigenvalue weighted by Crippen LogP contribution is 2.45. The minimum Gasteiger partial charge on any atom is -0.0876 e. The van der Waals surface area contributed by atoms with Gasteiger partial charge < -0.3 is 0 Å². The van der Waals surface area contributed by atoms with Crippen molar-refractivity contribution >= 4 is 69.8 Å². The Balaban J connectivity index is 2.14. The lowest BCUT2D eigenvalue weighted by Crippen LogP contribution is -1.93. The van der Waals surface area contributed by atoms with E-state index in [9.17, 15) is 0 Å². The molecule has 0 amide bonds. The molecule has 24 heavy (non-hydrogen) atoms. The molecule has 0 fully saturated rings. The van der Waals surface area contributed by atoms with E-state index >= 15 is 0 Å². The van der Waals surface area contributed by atoms with Gasteiger partial charge in [0.1, 0.15) is 0 Å². The average Bonchev–Trinajstić information content (AvgIpc) is 2.64. The van der Waals surface area contributed by atoms with Crippen LogP contribution >= 0.6 is 15.9 Å². The maximum atomic E-state index is 3.75. The summed E-state index contributed by atoms with van der Waals surface area (Å²) >= 11 is 3.75. The molecule has 0 aliphatic rings. The van der Waals surface area contributed by atoms with Crippen LogP contribution in [0.25, 0.3) is 53.9 Å². The van der Waals surface area contributed by atoms with E-state index < -0.39 is 0 Å². The maximum absolute atomic E-state index is 3.75. The van der Waals surface area contributed by atoms with Gasteiger partial charge in [0.25, 0.3) is 0 Å². The van der Waals surface area contributed by atoms with E-state index in [4.69, 9.17) is 0 Å². The van der Waals surface area contributed by atoms with Crippen LogP contribution in [0.15, 0.2) is 66.7 Å². The summed E-state index contributed by atoms with van der Waals surface area (Å²) in [6, 6.07) is 24.8. The van der Waals surface area contributed by atoms with Gasteiger partial charge in [0, 0.05) is 5.33 Å². The Morgan fingerprint density at radius 2 is 1.17 bits per heavy atom. The van der Waals surface area contributed by atoms with Gasteiger partial charge in [0.2, 0.25) is 0 Å². The summed E-state index contributed by atoms with van der Waals surface area (Å²) in [5.41, 5.74) is 1.40. The molecule has 0 atom stereocenters. The Kier molecular flexibility index (Phi) is 2.36. The van der Waals surface area contributed by atoms with Crippen molar-refractivity contribution in [3.05, 3.63) is 72.3 Å². The molecule has 0 aromatic heterocycles. The minimum absolute atomic E-state index is 0.875. The van der Waals surface area contributed by atoms with Gasteiger partial charge in [-0.1, -0.05) is 76.6 Å². The van der Waals surface area contributed by atoms with E-state index in [-0.39, 0.29) is 0 Å². The van der Waals surface area contributed by atoms with Gasteiger partial charge in [-0.05, 0) is 65.5 Å². The van der Waals surface area contributed by atoms with Gasteiger partial charge in [-0.25, -0.2) is 0 Å². The van der Waals surface area contributed by atoms with E-state index in [1.807, 2.05) is 0 Å². The minimum atomic E-state index is 0.875. The molecule has 0 saturated heterocycles. The molecule has 6 aromatic rings. The molecule has 0 aliphatic heterocycles. The summed E-state index contributed by atoms with van der Waals surface area (Å²) in [7, 11) is 0. The van der Waals surface area contributed by atoms with Gasteiger partial charge in [0.05, 0.1) is 0 Å². The Bertz CT molecular complexity index is 1380. The molecule has 0 aliphatic carbocycles. The summed E-state index contributed by atoms with van der Waals surface area (Å²) < 4.78 is 0. The van der Waals surface area contributed by atoms with Crippen molar-refractivity contribution in [3.8, 4) is 0 Å². The topological polar surface area (TPSA) is 0 Å². The van der Waals surface area contributed by atoms with Crippen LogP contribution < -0.4 is 0 Å². The molecule has 0 nitrogen and oxygen atoms in total. The molecule has 1 heteroatoms. The van der Waals surface area contributed by atoms with E-state index in [0.717, 1.165) is 5.33 Å². The standard InChI is InChI=1S/C23H13Br/c24-12-19-17-6-2-4-14-7-8-16-11-15-5-1-3-13-9-10-18(19)23(20(13)15)22(16)21(14)17/h1-11H,12H2. The lowest BCUT2D eigenvalue weighted by molar-refractivity contribution is 1.55. The summed E-state index contributed by atoms with van der Waals surface area (Å²) in [5, 5.41) is 14.7. The molecule has 0 N–H and O–H groups in total. The summed E-state index contributed by atoms with van der Waals surface area (Å²) in [6.07, 6.45) is 0. The van der Waals surface area contributed by atoms with Gasteiger partial charge in [-0.3, -0.25) is 0 Å².